The molecule has 162 valence electrons. The lowest BCUT2D eigenvalue weighted by Gasteiger charge is -2.44. The van der Waals surface area contributed by atoms with Crippen LogP contribution in [0.25, 0.3) is 17.1 Å². The van der Waals surface area contributed by atoms with Crippen LogP contribution in [0.2, 0.25) is 0 Å². The highest BCUT2D eigenvalue weighted by atomic mass is 19.1. The molecular weight excluding hydrogens is 395 g/mol. The molecule has 1 N–H and O–H groups in total. The number of fused-ring (bicyclic) bond motifs is 2. The number of aromatic nitrogens is 5. The third-order valence-electron chi connectivity index (χ3n) is 7.19. The summed E-state index contributed by atoms with van der Waals surface area (Å²) in [4.78, 5) is 10.5. The van der Waals surface area contributed by atoms with Gasteiger partial charge in [-0.05, 0) is 49.0 Å². The predicted octanol–water partition coefficient (Wildman–Crippen LogP) is 4.36. The van der Waals surface area contributed by atoms with Crippen molar-refractivity contribution in [2.24, 2.45) is 10.8 Å². The summed E-state index contributed by atoms with van der Waals surface area (Å²) in [5.41, 5.74) is 1.20. The summed E-state index contributed by atoms with van der Waals surface area (Å²) in [6.07, 6.45) is 12.4. The molecule has 2 fully saturated rings. The van der Waals surface area contributed by atoms with Crippen LogP contribution in [0.3, 0.4) is 0 Å². The van der Waals surface area contributed by atoms with Crippen molar-refractivity contribution in [3.8, 4) is 22.8 Å². The SMILES string of the molecule is CN(c1cnc(-c2cc(F)c(-n3ccnc3)cc2O)nn1)C1C[C@]2(C)CC[C@](C)(C1)C2. The topological polar surface area (TPSA) is 80.0 Å². The Kier molecular flexibility index (Phi) is 4.50. The Morgan fingerprint density at radius 2 is 1.90 bits per heavy atom. The van der Waals surface area contributed by atoms with Gasteiger partial charge >= 0.3 is 0 Å². The van der Waals surface area contributed by atoms with E-state index in [4.69, 9.17) is 0 Å². The van der Waals surface area contributed by atoms with Crippen LogP contribution in [0.1, 0.15) is 46.0 Å². The molecule has 7 nitrogen and oxygen atoms in total. The number of benzene rings is 1. The number of aromatic hydroxyl groups is 1. The van der Waals surface area contributed by atoms with Crippen LogP contribution in [-0.4, -0.2) is 42.9 Å². The summed E-state index contributed by atoms with van der Waals surface area (Å²) in [5.74, 6) is 0.262. The van der Waals surface area contributed by atoms with Crippen molar-refractivity contribution < 1.29 is 9.50 Å². The second-order valence-corrected chi connectivity index (χ2v) is 9.90. The van der Waals surface area contributed by atoms with Crippen LogP contribution in [0, 0.1) is 16.6 Å². The number of hydrogen-bond donors (Lipinski definition) is 1. The summed E-state index contributed by atoms with van der Waals surface area (Å²) < 4.78 is 16.1. The number of phenols is 1. The molecule has 5 rings (SSSR count). The summed E-state index contributed by atoms with van der Waals surface area (Å²) in [6, 6.07) is 2.97. The first-order chi connectivity index (χ1) is 14.8. The first-order valence-electron chi connectivity index (χ1n) is 10.7. The molecule has 0 aliphatic heterocycles. The van der Waals surface area contributed by atoms with E-state index in [0.29, 0.717) is 22.7 Å². The Balaban J connectivity index is 1.39. The number of anilines is 1. The van der Waals surface area contributed by atoms with Gasteiger partial charge in [-0.25, -0.2) is 14.4 Å². The molecule has 0 radical (unpaired) electrons. The van der Waals surface area contributed by atoms with Gasteiger partial charge in [0, 0.05) is 31.5 Å². The minimum Gasteiger partial charge on any atom is -0.507 e. The molecule has 2 aliphatic carbocycles. The summed E-state index contributed by atoms with van der Waals surface area (Å²) in [5, 5.41) is 19.0. The standard InChI is InChI=1S/C23H27FN6O/c1-22-4-5-23(2,13-22)11-15(10-22)29(3)20-12-26-21(28-27-20)16-8-17(24)18(9-19(16)31)30-7-6-25-14-30/h6-9,12,14-15,31H,4-5,10-11,13H2,1-3H3/t15?,22-,23+. The molecule has 0 amide bonds. The highest BCUT2D eigenvalue weighted by Crippen LogP contribution is 2.58. The van der Waals surface area contributed by atoms with Gasteiger partial charge in [-0.3, -0.25) is 0 Å². The Bertz CT molecular complexity index is 1080. The molecule has 8 heteroatoms. The van der Waals surface area contributed by atoms with Crippen LogP contribution in [0.4, 0.5) is 10.2 Å². The van der Waals surface area contributed by atoms with Crippen LogP contribution >= 0.6 is 0 Å². The van der Waals surface area contributed by atoms with Crippen LogP contribution in [0.15, 0.2) is 37.1 Å². The fraction of sp³-hybridized carbons (Fsp3) is 0.478. The first kappa shape index (κ1) is 19.9. The largest absolute Gasteiger partial charge is 0.507 e. The number of imidazole rings is 1. The van der Waals surface area contributed by atoms with Gasteiger partial charge < -0.3 is 14.6 Å². The van der Waals surface area contributed by atoms with Crippen molar-refractivity contribution in [3.63, 3.8) is 0 Å². The number of phenolic OH excluding ortho intramolecular Hbond substituents is 1. The average Bonchev–Trinajstić information content (AvgIpc) is 3.34. The molecular formula is C23H27FN6O. The van der Waals surface area contributed by atoms with Gasteiger partial charge in [0.2, 0.25) is 0 Å². The normalized spacial score (nSPS) is 27.4. The molecule has 0 saturated heterocycles. The molecule has 2 aliphatic rings. The van der Waals surface area contributed by atoms with Crippen LogP contribution < -0.4 is 4.90 Å². The van der Waals surface area contributed by atoms with Gasteiger partial charge in [0.1, 0.15) is 11.6 Å². The minimum absolute atomic E-state index is 0.113. The predicted molar refractivity (Wildman–Crippen MR) is 115 cm³/mol. The van der Waals surface area contributed by atoms with E-state index in [-0.39, 0.29) is 22.8 Å². The van der Waals surface area contributed by atoms with Gasteiger partial charge in [-0.1, -0.05) is 13.8 Å². The van der Waals surface area contributed by atoms with E-state index in [0.717, 1.165) is 12.8 Å². The monoisotopic (exact) mass is 422 g/mol. The zero-order valence-corrected chi connectivity index (χ0v) is 18.1. The van der Waals surface area contributed by atoms with Crippen molar-refractivity contribution in [1.29, 1.82) is 0 Å². The maximum absolute atomic E-state index is 14.6. The lowest BCUT2D eigenvalue weighted by molar-refractivity contribution is 0.148. The Morgan fingerprint density at radius 3 is 2.52 bits per heavy atom. The van der Waals surface area contributed by atoms with Gasteiger partial charge in [0.15, 0.2) is 11.6 Å². The first-order valence-corrected chi connectivity index (χ1v) is 10.7. The van der Waals surface area contributed by atoms with Crippen molar-refractivity contribution >= 4 is 5.82 Å². The van der Waals surface area contributed by atoms with Gasteiger partial charge in [-0.15, -0.1) is 10.2 Å². The van der Waals surface area contributed by atoms with Gasteiger partial charge in [-0.2, -0.15) is 0 Å². The Labute approximate surface area is 181 Å². The number of halogens is 1. The zero-order chi connectivity index (χ0) is 21.8. The van der Waals surface area contributed by atoms with E-state index in [2.05, 4.69) is 38.9 Å². The summed E-state index contributed by atoms with van der Waals surface area (Å²) in [6.45, 7) is 4.80. The quantitative estimate of drug-likeness (QED) is 0.673. The van der Waals surface area contributed by atoms with Crippen molar-refractivity contribution in [3.05, 3.63) is 42.9 Å². The van der Waals surface area contributed by atoms with E-state index in [9.17, 15) is 9.50 Å². The molecule has 2 saturated carbocycles. The third kappa shape index (κ3) is 3.54. The molecule has 31 heavy (non-hydrogen) atoms. The van der Waals surface area contributed by atoms with Crippen LogP contribution in [0.5, 0.6) is 5.75 Å². The molecule has 2 aromatic heterocycles. The molecule has 3 aromatic rings. The zero-order valence-electron chi connectivity index (χ0n) is 18.1. The van der Waals surface area contributed by atoms with Gasteiger partial charge in [0.05, 0.1) is 23.8 Å². The number of rotatable bonds is 4. The molecule has 2 bridgehead atoms. The van der Waals surface area contributed by atoms with Gasteiger partial charge in [0.25, 0.3) is 0 Å². The highest BCUT2D eigenvalue weighted by Gasteiger charge is 2.50. The second kappa shape index (κ2) is 7.00. The second-order valence-electron chi connectivity index (χ2n) is 9.90. The average molecular weight is 423 g/mol. The molecule has 3 atom stereocenters. The Morgan fingerprint density at radius 1 is 1.16 bits per heavy atom. The van der Waals surface area contributed by atoms with Crippen molar-refractivity contribution in [1.82, 2.24) is 24.7 Å². The fourth-order valence-electron chi connectivity index (χ4n) is 5.71. The van der Waals surface area contributed by atoms with E-state index in [1.807, 2.05) is 7.05 Å². The summed E-state index contributed by atoms with van der Waals surface area (Å²) >= 11 is 0. The maximum Gasteiger partial charge on any atom is 0.185 e. The van der Waals surface area contributed by atoms with E-state index in [1.54, 1.807) is 18.6 Å². The maximum atomic E-state index is 14.6. The number of nitrogens with zero attached hydrogens (tertiary/aromatic N) is 6. The van der Waals surface area contributed by atoms with E-state index >= 15 is 0 Å². The van der Waals surface area contributed by atoms with E-state index in [1.165, 1.54) is 42.3 Å². The molecule has 0 spiro atoms. The number of hydrogen-bond acceptors (Lipinski definition) is 6. The Hall–Kier alpha value is -3.03. The molecule has 1 aromatic carbocycles. The van der Waals surface area contributed by atoms with E-state index < -0.39 is 5.82 Å². The lowest BCUT2D eigenvalue weighted by atomic mass is 9.68. The van der Waals surface area contributed by atoms with Crippen molar-refractivity contribution in [2.45, 2.75) is 52.0 Å². The molecule has 1 unspecified atom stereocenters. The highest BCUT2D eigenvalue weighted by molar-refractivity contribution is 5.66. The lowest BCUT2D eigenvalue weighted by Crippen LogP contribution is -2.43. The molecule has 2 heterocycles. The minimum atomic E-state index is -0.505. The van der Waals surface area contributed by atoms with Crippen LogP contribution in [-0.2, 0) is 0 Å². The smallest absolute Gasteiger partial charge is 0.185 e. The van der Waals surface area contributed by atoms with Crippen molar-refractivity contribution in [2.75, 3.05) is 11.9 Å². The summed E-state index contributed by atoms with van der Waals surface area (Å²) in [7, 11) is 2.05. The third-order valence-corrected chi connectivity index (χ3v) is 7.19. The fourth-order valence-corrected chi connectivity index (χ4v) is 5.71.